The van der Waals surface area contributed by atoms with Gasteiger partial charge in [0, 0.05) is 0 Å². The van der Waals surface area contributed by atoms with Crippen LogP contribution < -0.4 is 11.5 Å². The van der Waals surface area contributed by atoms with Crippen molar-refractivity contribution in [1.29, 1.82) is 0 Å². The Labute approximate surface area is 105 Å². The van der Waals surface area contributed by atoms with Gasteiger partial charge < -0.3 is 15.9 Å². The van der Waals surface area contributed by atoms with Crippen molar-refractivity contribution in [2.45, 2.75) is 20.0 Å². The Kier molecular flexibility index (Phi) is 3.42. The van der Waals surface area contributed by atoms with E-state index in [0.717, 1.165) is 11.5 Å². The monoisotopic (exact) mass is 248 g/mol. The number of aryl methyl sites for hydroxylation is 1. The summed E-state index contributed by atoms with van der Waals surface area (Å²) in [5.41, 5.74) is 11.0. The first kappa shape index (κ1) is 12.3. The van der Waals surface area contributed by atoms with Gasteiger partial charge in [-0.05, 0) is 26.1 Å². The molecule has 18 heavy (non-hydrogen) atoms. The van der Waals surface area contributed by atoms with Crippen LogP contribution in [-0.4, -0.2) is 26.9 Å². The molecule has 0 radical (unpaired) electrons. The molecule has 2 aromatic rings. The van der Waals surface area contributed by atoms with Gasteiger partial charge in [-0.1, -0.05) is 0 Å². The highest BCUT2D eigenvalue weighted by atomic mass is 16.3. The van der Waals surface area contributed by atoms with E-state index in [2.05, 4.69) is 15.0 Å². The summed E-state index contributed by atoms with van der Waals surface area (Å²) < 4.78 is 5.50. The smallest absolute Gasteiger partial charge is 0.225 e. The Morgan fingerprint density at radius 3 is 2.33 bits per heavy atom. The molecule has 0 aliphatic heterocycles. The minimum absolute atomic E-state index is 0.139. The molecule has 96 valence electrons. The van der Waals surface area contributed by atoms with Gasteiger partial charge in [0.05, 0.1) is 13.1 Å². The van der Waals surface area contributed by atoms with Gasteiger partial charge in [-0.25, -0.2) is 0 Å². The van der Waals surface area contributed by atoms with Crippen molar-refractivity contribution >= 4 is 11.9 Å². The van der Waals surface area contributed by atoms with Crippen LogP contribution in [0.1, 0.15) is 17.3 Å². The van der Waals surface area contributed by atoms with Gasteiger partial charge in [0.2, 0.25) is 11.9 Å². The maximum atomic E-state index is 5.51. The van der Waals surface area contributed by atoms with E-state index in [1.54, 1.807) is 0 Å². The number of nitrogen functional groups attached to an aromatic ring is 2. The Morgan fingerprint density at radius 2 is 1.78 bits per heavy atom. The summed E-state index contributed by atoms with van der Waals surface area (Å²) in [5, 5.41) is 0. The average molecular weight is 248 g/mol. The van der Waals surface area contributed by atoms with E-state index in [1.807, 2.05) is 31.0 Å². The summed E-state index contributed by atoms with van der Waals surface area (Å²) in [6.07, 6.45) is 0. The lowest BCUT2D eigenvalue weighted by atomic mass is 10.4. The number of hydrogen-bond donors (Lipinski definition) is 2. The number of rotatable bonds is 4. The molecule has 2 aromatic heterocycles. The van der Waals surface area contributed by atoms with Crippen molar-refractivity contribution in [2.24, 2.45) is 0 Å². The lowest BCUT2D eigenvalue weighted by Gasteiger charge is -2.14. The SMILES string of the molecule is Cc1ccc(CN(C)Cc2nc(N)nc(N)n2)o1. The maximum Gasteiger partial charge on any atom is 0.225 e. The Hall–Kier alpha value is -2.15. The fraction of sp³-hybridized carbons (Fsp3) is 0.364. The van der Waals surface area contributed by atoms with Crippen LogP contribution in [0, 0.1) is 6.92 Å². The van der Waals surface area contributed by atoms with Crippen LogP contribution in [0.2, 0.25) is 0 Å². The van der Waals surface area contributed by atoms with Crippen LogP contribution in [0.15, 0.2) is 16.5 Å². The van der Waals surface area contributed by atoms with Gasteiger partial charge in [0.1, 0.15) is 17.3 Å². The van der Waals surface area contributed by atoms with Gasteiger partial charge in [0.25, 0.3) is 0 Å². The molecular formula is C11H16N6O. The van der Waals surface area contributed by atoms with Crippen LogP contribution in [0.5, 0.6) is 0 Å². The number of nitrogens with zero attached hydrogens (tertiary/aromatic N) is 4. The molecule has 0 saturated heterocycles. The molecule has 0 aliphatic carbocycles. The average Bonchev–Trinajstić information content (AvgIpc) is 2.61. The van der Waals surface area contributed by atoms with Crippen LogP contribution in [0.25, 0.3) is 0 Å². The van der Waals surface area contributed by atoms with Gasteiger partial charge in [-0.2, -0.15) is 15.0 Å². The predicted molar refractivity (Wildman–Crippen MR) is 67.3 cm³/mol. The number of nitrogens with two attached hydrogens (primary N) is 2. The zero-order valence-corrected chi connectivity index (χ0v) is 10.4. The molecule has 0 aliphatic rings. The summed E-state index contributed by atoms with van der Waals surface area (Å²) in [7, 11) is 1.94. The molecular weight excluding hydrogens is 232 g/mol. The van der Waals surface area contributed by atoms with Crippen LogP contribution in [0.3, 0.4) is 0 Å². The van der Waals surface area contributed by atoms with Crippen LogP contribution in [-0.2, 0) is 13.1 Å². The lowest BCUT2D eigenvalue weighted by molar-refractivity contribution is 0.279. The molecule has 7 heteroatoms. The summed E-state index contributed by atoms with van der Waals surface area (Å²) in [4.78, 5) is 13.8. The Bertz CT molecular complexity index is 518. The highest BCUT2D eigenvalue weighted by Gasteiger charge is 2.08. The molecule has 2 heterocycles. The van der Waals surface area contributed by atoms with Crippen molar-refractivity contribution in [3.63, 3.8) is 0 Å². The second kappa shape index (κ2) is 5.01. The van der Waals surface area contributed by atoms with Gasteiger partial charge in [-0.15, -0.1) is 0 Å². The second-order valence-electron chi connectivity index (χ2n) is 4.15. The zero-order valence-electron chi connectivity index (χ0n) is 10.4. The molecule has 0 unspecified atom stereocenters. The molecule has 4 N–H and O–H groups in total. The van der Waals surface area contributed by atoms with E-state index < -0.39 is 0 Å². The second-order valence-corrected chi connectivity index (χ2v) is 4.15. The van der Waals surface area contributed by atoms with Crippen molar-refractivity contribution < 1.29 is 4.42 Å². The minimum Gasteiger partial charge on any atom is -0.465 e. The van der Waals surface area contributed by atoms with E-state index in [-0.39, 0.29) is 11.9 Å². The third-order valence-corrected chi connectivity index (χ3v) is 2.35. The normalized spacial score (nSPS) is 11.1. The first-order valence-corrected chi connectivity index (χ1v) is 5.52. The Morgan fingerprint density at radius 1 is 1.11 bits per heavy atom. The maximum absolute atomic E-state index is 5.51. The van der Waals surface area contributed by atoms with Crippen molar-refractivity contribution in [2.75, 3.05) is 18.5 Å². The van der Waals surface area contributed by atoms with E-state index in [1.165, 1.54) is 0 Å². The molecule has 0 atom stereocenters. The quantitative estimate of drug-likeness (QED) is 0.814. The third kappa shape index (κ3) is 3.17. The zero-order chi connectivity index (χ0) is 13.1. The molecule has 0 aromatic carbocycles. The van der Waals surface area contributed by atoms with Crippen molar-refractivity contribution in [1.82, 2.24) is 19.9 Å². The van der Waals surface area contributed by atoms with Gasteiger partial charge in [0.15, 0.2) is 0 Å². The van der Waals surface area contributed by atoms with Crippen molar-refractivity contribution in [3.8, 4) is 0 Å². The van der Waals surface area contributed by atoms with Gasteiger partial charge in [-0.3, -0.25) is 4.90 Å². The number of anilines is 2. The number of furan rings is 1. The van der Waals surface area contributed by atoms with Crippen LogP contribution >= 0.6 is 0 Å². The topological polar surface area (TPSA) is 107 Å². The predicted octanol–water partition coefficient (Wildman–Crippen LogP) is 0.569. The molecule has 7 nitrogen and oxygen atoms in total. The molecule has 0 spiro atoms. The van der Waals surface area contributed by atoms with Gasteiger partial charge >= 0.3 is 0 Å². The summed E-state index contributed by atoms with van der Waals surface area (Å²) in [6.45, 7) is 3.10. The highest BCUT2D eigenvalue weighted by Crippen LogP contribution is 2.10. The summed E-state index contributed by atoms with van der Waals surface area (Å²) in [5.74, 6) is 2.61. The summed E-state index contributed by atoms with van der Waals surface area (Å²) in [6, 6.07) is 3.88. The van der Waals surface area contributed by atoms with E-state index in [0.29, 0.717) is 18.9 Å². The third-order valence-electron chi connectivity index (χ3n) is 2.35. The number of aromatic nitrogens is 3. The molecule has 0 amide bonds. The molecule has 0 fully saturated rings. The largest absolute Gasteiger partial charge is 0.465 e. The molecule has 2 rings (SSSR count). The molecule has 0 bridgehead atoms. The van der Waals surface area contributed by atoms with Crippen LogP contribution in [0.4, 0.5) is 11.9 Å². The van der Waals surface area contributed by atoms with Crippen molar-refractivity contribution in [3.05, 3.63) is 29.5 Å². The van der Waals surface area contributed by atoms with E-state index in [4.69, 9.17) is 15.9 Å². The Balaban J connectivity index is 2.00. The van der Waals surface area contributed by atoms with E-state index >= 15 is 0 Å². The minimum atomic E-state index is 0.139. The fourth-order valence-electron chi connectivity index (χ4n) is 1.66. The fourth-order valence-corrected chi connectivity index (χ4v) is 1.66. The summed E-state index contributed by atoms with van der Waals surface area (Å²) >= 11 is 0. The lowest BCUT2D eigenvalue weighted by Crippen LogP contribution is -2.20. The number of hydrogen-bond acceptors (Lipinski definition) is 7. The first-order chi connectivity index (χ1) is 8.52. The molecule has 0 saturated carbocycles. The first-order valence-electron chi connectivity index (χ1n) is 5.52. The highest BCUT2D eigenvalue weighted by molar-refractivity contribution is 5.25. The van der Waals surface area contributed by atoms with E-state index in [9.17, 15) is 0 Å². The standard InChI is InChI=1S/C11H16N6O/c1-7-3-4-8(18-7)5-17(2)6-9-14-10(12)16-11(13)15-9/h3-4H,5-6H2,1-2H3,(H4,12,13,14,15,16).